The maximum Gasteiger partial charge on any atom is 0.341 e. The van der Waals surface area contributed by atoms with Crippen LogP contribution in [0.4, 0.5) is 0 Å². The zero-order valence-corrected chi connectivity index (χ0v) is 11.1. The summed E-state index contributed by atoms with van der Waals surface area (Å²) < 4.78 is 6.99. The van der Waals surface area contributed by atoms with Crippen LogP contribution in [-0.4, -0.2) is 34.4 Å². The first-order chi connectivity index (χ1) is 7.61. The molecular weight excluding hydrogens is 224 g/mol. The van der Waals surface area contributed by atoms with Crippen LogP contribution in [-0.2, 0) is 11.3 Å². The van der Waals surface area contributed by atoms with Crippen molar-refractivity contribution >= 4 is 17.7 Å². The van der Waals surface area contributed by atoms with Gasteiger partial charge < -0.3 is 4.74 Å². The molecule has 0 N–H and O–H groups in total. The lowest BCUT2D eigenvalue weighted by atomic mass is 10.2. The largest absolute Gasteiger partial charge is 0.461 e. The highest BCUT2D eigenvalue weighted by molar-refractivity contribution is 7.98. The molecule has 0 aliphatic heterocycles. The van der Waals surface area contributed by atoms with Gasteiger partial charge in [-0.15, -0.1) is 0 Å². The monoisotopic (exact) mass is 242 g/mol. The van der Waals surface area contributed by atoms with E-state index in [2.05, 4.69) is 5.10 Å². The van der Waals surface area contributed by atoms with Crippen LogP contribution in [0.25, 0.3) is 0 Å². The average molecular weight is 242 g/mol. The summed E-state index contributed by atoms with van der Waals surface area (Å²) in [5, 5.41) is 4.29. The van der Waals surface area contributed by atoms with Crippen LogP contribution in [0.3, 0.4) is 0 Å². The lowest BCUT2D eigenvalue weighted by Gasteiger charge is -2.04. The molecule has 0 saturated carbocycles. The van der Waals surface area contributed by atoms with Gasteiger partial charge in [0.15, 0.2) is 0 Å². The molecule has 0 saturated heterocycles. The predicted molar refractivity (Wildman–Crippen MR) is 66.0 cm³/mol. The summed E-state index contributed by atoms with van der Waals surface area (Å²) in [6.07, 6.45) is 1.99. The van der Waals surface area contributed by atoms with Gasteiger partial charge in [-0.2, -0.15) is 16.9 Å². The molecule has 5 heteroatoms. The molecule has 1 heterocycles. The van der Waals surface area contributed by atoms with E-state index in [1.807, 2.05) is 31.7 Å². The van der Waals surface area contributed by atoms with Crippen molar-refractivity contribution in [3.05, 3.63) is 17.0 Å². The van der Waals surface area contributed by atoms with Gasteiger partial charge in [0.1, 0.15) is 12.2 Å². The van der Waals surface area contributed by atoms with Crippen molar-refractivity contribution < 1.29 is 9.53 Å². The van der Waals surface area contributed by atoms with E-state index in [0.29, 0.717) is 12.2 Å². The topological polar surface area (TPSA) is 44.1 Å². The van der Waals surface area contributed by atoms with E-state index in [9.17, 15) is 4.79 Å². The Morgan fingerprint density at radius 1 is 1.50 bits per heavy atom. The molecule has 90 valence electrons. The van der Waals surface area contributed by atoms with Crippen LogP contribution < -0.4 is 0 Å². The number of hydrogen-bond acceptors (Lipinski definition) is 4. The SMILES string of the molecule is CCn1nc(C)c(C(=O)OCCSC)c1C. The third kappa shape index (κ3) is 2.78. The Kier molecular flexibility index (Phi) is 4.86. The molecule has 0 bridgehead atoms. The number of aryl methyl sites for hydroxylation is 2. The standard InChI is InChI=1S/C11H18N2O2S/c1-5-13-9(3)10(8(2)12-13)11(14)15-6-7-16-4/h5-7H2,1-4H3. The average Bonchev–Trinajstić information content (AvgIpc) is 2.54. The highest BCUT2D eigenvalue weighted by Crippen LogP contribution is 2.14. The van der Waals surface area contributed by atoms with Crippen molar-refractivity contribution in [3.63, 3.8) is 0 Å². The fraction of sp³-hybridized carbons (Fsp3) is 0.636. The molecule has 1 aromatic rings. The van der Waals surface area contributed by atoms with Crippen LogP contribution >= 0.6 is 11.8 Å². The van der Waals surface area contributed by atoms with Gasteiger partial charge in [-0.3, -0.25) is 4.68 Å². The minimum absolute atomic E-state index is 0.260. The first-order valence-electron chi connectivity index (χ1n) is 5.31. The smallest absolute Gasteiger partial charge is 0.341 e. The third-order valence-corrected chi connectivity index (χ3v) is 2.98. The fourth-order valence-electron chi connectivity index (χ4n) is 1.59. The molecule has 0 unspecified atom stereocenters. The highest BCUT2D eigenvalue weighted by atomic mass is 32.2. The van der Waals surface area contributed by atoms with E-state index in [0.717, 1.165) is 23.7 Å². The number of hydrogen-bond donors (Lipinski definition) is 0. The summed E-state index contributed by atoms with van der Waals surface area (Å²) in [7, 11) is 0. The number of carbonyl (C=O) groups excluding carboxylic acids is 1. The second-order valence-electron chi connectivity index (χ2n) is 3.49. The molecule has 0 amide bonds. The molecule has 16 heavy (non-hydrogen) atoms. The summed E-state index contributed by atoms with van der Waals surface area (Å²) in [5.74, 6) is 0.565. The Bertz CT molecular complexity index is 374. The van der Waals surface area contributed by atoms with Gasteiger partial charge >= 0.3 is 5.97 Å². The first-order valence-corrected chi connectivity index (χ1v) is 6.71. The van der Waals surface area contributed by atoms with Crippen molar-refractivity contribution in [1.29, 1.82) is 0 Å². The van der Waals surface area contributed by atoms with E-state index in [1.54, 1.807) is 11.8 Å². The first kappa shape index (κ1) is 13.1. The van der Waals surface area contributed by atoms with E-state index >= 15 is 0 Å². The molecule has 0 spiro atoms. The minimum atomic E-state index is -0.260. The molecule has 0 radical (unpaired) electrons. The summed E-state index contributed by atoms with van der Waals surface area (Å²) in [6, 6.07) is 0. The maximum atomic E-state index is 11.8. The van der Waals surface area contributed by atoms with Crippen LogP contribution in [0.2, 0.25) is 0 Å². The Hall–Kier alpha value is -0.970. The second-order valence-corrected chi connectivity index (χ2v) is 4.48. The molecule has 1 rings (SSSR count). The zero-order valence-electron chi connectivity index (χ0n) is 10.2. The van der Waals surface area contributed by atoms with Gasteiger partial charge in [0.2, 0.25) is 0 Å². The zero-order chi connectivity index (χ0) is 12.1. The van der Waals surface area contributed by atoms with Gasteiger partial charge in [0, 0.05) is 12.3 Å². The van der Waals surface area contributed by atoms with Crippen LogP contribution in [0, 0.1) is 13.8 Å². The molecule has 0 fully saturated rings. The number of ether oxygens (including phenoxy) is 1. The second kappa shape index (κ2) is 5.94. The minimum Gasteiger partial charge on any atom is -0.461 e. The van der Waals surface area contributed by atoms with Gasteiger partial charge in [0.05, 0.1) is 11.4 Å². The van der Waals surface area contributed by atoms with E-state index < -0.39 is 0 Å². The van der Waals surface area contributed by atoms with Crippen LogP contribution in [0.15, 0.2) is 0 Å². The van der Waals surface area contributed by atoms with Gasteiger partial charge in [-0.1, -0.05) is 0 Å². The molecule has 0 aliphatic carbocycles. The van der Waals surface area contributed by atoms with Crippen LogP contribution in [0.1, 0.15) is 28.7 Å². The lowest BCUT2D eigenvalue weighted by molar-refractivity contribution is 0.0528. The third-order valence-electron chi connectivity index (χ3n) is 2.41. The van der Waals surface area contributed by atoms with Gasteiger partial charge in [-0.05, 0) is 27.0 Å². The molecule has 0 atom stereocenters. The lowest BCUT2D eigenvalue weighted by Crippen LogP contribution is -2.10. The summed E-state index contributed by atoms with van der Waals surface area (Å²) in [6.45, 7) is 6.96. The van der Waals surface area contributed by atoms with Crippen LogP contribution in [0.5, 0.6) is 0 Å². The normalized spacial score (nSPS) is 10.5. The number of aromatic nitrogens is 2. The summed E-state index contributed by atoms with van der Waals surface area (Å²) >= 11 is 1.66. The summed E-state index contributed by atoms with van der Waals surface area (Å²) in [5.41, 5.74) is 2.24. The van der Waals surface area contributed by atoms with Crippen molar-refractivity contribution in [1.82, 2.24) is 9.78 Å². The van der Waals surface area contributed by atoms with Gasteiger partial charge in [0.25, 0.3) is 0 Å². The Morgan fingerprint density at radius 2 is 2.19 bits per heavy atom. The summed E-state index contributed by atoms with van der Waals surface area (Å²) in [4.78, 5) is 11.8. The number of rotatable bonds is 5. The van der Waals surface area contributed by atoms with Crippen molar-refractivity contribution in [2.24, 2.45) is 0 Å². The highest BCUT2D eigenvalue weighted by Gasteiger charge is 2.18. The molecule has 0 aromatic carbocycles. The van der Waals surface area contributed by atoms with Crippen molar-refractivity contribution in [2.45, 2.75) is 27.3 Å². The van der Waals surface area contributed by atoms with Gasteiger partial charge in [-0.25, -0.2) is 4.79 Å². The number of nitrogens with zero attached hydrogens (tertiary/aromatic N) is 2. The molecular formula is C11H18N2O2S. The Balaban J connectivity index is 2.78. The quantitative estimate of drug-likeness (QED) is 0.585. The van der Waals surface area contributed by atoms with Crippen molar-refractivity contribution in [2.75, 3.05) is 18.6 Å². The van der Waals surface area contributed by atoms with Crippen molar-refractivity contribution in [3.8, 4) is 0 Å². The number of carbonyl (C=O) groups is 1. The number of esters is 1. The van der Waals surface area contributed by atoms with E-state index in [-0.39, 0.29) is 5.97 Å². The Labute approximate surface area is 100 Å². The predicted octanol–water partition coefficient (Wildman–Crippen LogP) is 2.04. The molecule has 1 aromatic heterocycles. The maximum absolute atomic E-state index is 11.8. The van der Waals surface area contributed by atoms with E-state index in [4.69, 9.17) is 4.74 Å². The number of thioether (sulfide) groups is 1. The molecule has 4 nitrogen and oxygen atoms in total. The molecule has 0 aliphatic rings. The Morgan fingerprint density at radius 3 is 2.69 bits per heavy atom. The van der Waals surface area contributed by atoms with E-state index in [1.165, 1.54) is 0 Å². The fourth-order valence-corrected chi connectivity index (χ4v) is 1.84.